The van der Waals surface area contributed by atoms with Crippen molar-refractivity contribution in [1.29, 1.82) is 0 Å². The third-order valence-corrected chi connectivity index (χ3v) is 3.91. The van der Waals surface area contributed by atoms with Gasteiger partial charge in [0.05, 0.1) is 0 Å². The molecule has 0 atom stereocenters. The molecule has 0 aliphatic heterocycles. The summed E-state index contributed by atoms with van der Waals surface area (Å²) in [5, 5.41) is 8.51. The average molecular weight is 306 g/mol. The molecule has 0 bridgehead atoms. The molecule has 0 spiro atoms. The Labute approximate surface area is 150 Å². The third-order valence-electron chi connectivity index (χ3n) is 3.91. The van der Waals surface area contributed by atoms with Crippen LogP contribution in [0.25, 0.3) is 0 Å². The largest absolute Gasteiger partial charge is 1.00 e. The number of ketones is 1. The molecule has 0 rings (SSSR count). The van der Waals surface area contributed by atoms with Gasteiger partial charge in [0.15, 0.2) is 0 Å². The van der Waals surface area contributed by atoms with Crippen molar-refractivity contribution in [3.63, 3.8) is 0 Å². The van der Waals surface area contributed by atoms with Gasteiger partial charge in [0.1, 0.15) is 5.78 Å². The van der Waals surface area contributed by atoms with Crippen LogP contribution < -0.4 is 18.9 Å². The minimum Gasteiger partial charge on any atom is -1.00 e. The maximum Gasteiger partial charge on any atom is 1.00 e. The Morgan fingerprint density at radius 3 is 1.45 bits per heavy atom. The van der Waals surface area contributed by atoms with E-state index in [2.05, 4.69) is 6.92 Å². The number of carbonyl (C=O) groups is 2. The summed E-state index contributed by atoms with van der Waals surface area (Å²) in [5.74, 6) is -0.242. The van der Waals surface area contributed by atoms with Crippen molar-refractivity contribution in [3.05, 3.63) is 0 Å². The Morgan fingerprint density at radius 1 is 0.682 bits per heavy atom. The van der Waals surface area contributed by atoms with Crippen molar-refractivity contribution in [3.8, 4) is 0 Å². The first-order valence-corrected chi connectivity index (χ1v) is 8.90. The molecule has 22 heavy (non-hydrogen) atoms. The molecular weight excluding hydrogens is 271 g/mol. The van der Waals surface area contributed by atoms with Gasteiger partial charge in [-0.2, -0.15) is 0 Å². The van der Waals surface area contributed by atoms with Crippen LogP contribution in [0.5, 0.6) is 0 Å². The second-order valence-electron chi connectivity index (χ2n) is 6.07. The molecule has 0 radical (unpaired) electrons. The zero-order valence-electron chi connectivity index (χ0n) is 15.9. The van der Waals surface area contributed by atoms with Gasteiger partial charge in [-0.25, -0.2) is 0 Å². The number of hydrogen-bond donors (Lipinski definition) is 1. The zero-order valence-corrected chi connectivity index (χ0v) is 14.9. The van der Waals surface area contributed by atoms with Crippen LogP contribution in [0.15, 0.2) is 0 Å². The molecule has 0 aromatic heterocycles. The number of unbranched alkanes of at least 4 members (excludes halogenated alkanes) is 10. The summed E-state index contributed by atoms with van der Waals surface area (Å²) in [6.45, 7) is 2.19. The number of carboxylic acid groups (broad SMARTS) is 1. The fourth-order valence-electron chi connectivity index (χ4n) is 2.53. The quantitative estimate of drug-likeness (QED) is 0.352. The van der Waals surface area contributed by atoms with Gasteiger partial charge in [0.2, 0.25) is 0 Å². The second-order valence-corrected chi connectivity index (χ2v) is 6.07. The molecule has 4 heteroatoms. The van der Waals surface area contributed by atoms with Gasteiger partial charge in [-0.3, -0.25) is 9.59 Å². The molecule has 0 saturated carbocycles. The smallest absolute Gasteiger partial charge is 1.00 e. The normalized spacial score (nSPS) is 10.2. The monoisotopic (exact) mass is 306 g/mol. The molecule has 0 aliphatic rings. The van der Waals surface area contributed by atoms with Crippen molar-refractivity contribution in [1.82, 2.24) is 0 Å². The van der Waals surface area contributed by atoms with Gasteiger partial charge in [0, 0.05) is 19.3 Å². The molecule has 0 saturated heterocycles. The standard InChI is InChI=1S/C18H34O3.Li.H/c1-2-3-4-11-14-17(19)15-12-9-7-5-6-8-10-13-16-18(20)21;;/h2-16H2,1H3,(H,20,21);;/q;+1;-1. The van der Waals surface area contributed by atoms with Crippen LogP contribution in [-0.2, 0) is 9.59 Å². The molecule has 0 aliphatic carbocycles. The summed E-state index contributed by atoms with van der Waals surface area (Å²) in [5.41, 5.74) is 0. The summed E-state index contributed by atoms with van der Waals surface area (Å²) < 4.78 is 0. The predicted molar refractivity (Wildman–Crippen MR) is 88.7 cm³/mol. The van der Waals surface area contributed by atoms with E-state index < -0.39 is 5.97 Å². The molecule has 1 N–H and O–H groups in total. The molecular formula is C18H35LiO3. The van der Waals surface area contributed by atoms with Crippen LogP contribution in [0.4, 0.5) is 0 Å². The molecule has 0 heterocycles. The van der Waals surface area contributed by atoms with Crippen LogP contribution in [-0.4, -0.2) is 16.9 Å². The third kappa shape index (κ3) is 19.7. The topological polar surface area (TPSA) is 54.4 Å². The average Bonchev–Trinajstić information content (AvgIpc) is 2.45. The van der Waals surface area contributed by atoms with Crippen molar-refractivity contribution in [2.24, 2.45) is 0 Å². The Bertz CT molecular complexity index is 273. The number of aliphatic carboxylic acids is 1. The fourth-order valence-corrected chi connectivity index (χ4v) is 2.53. The van der Waals surface area contributed by atoms with E-state index in [-0.39, 0.29) is 20.3 Å². The Hall–Kier alpha value is -0.263. The summed E-state index contributed by atoms with van der Waals surface area (Å²) in [4.78, 5) is 22.0. The molecule has 0 aromatic carbocycles. The van der Waals surface area contributed by atoms with E-state index in [1.165, 1.54) is 38.5 Å². The van der Waals surface area contributed by atoms with Gasteiger partial charge < -0.3 is 6.53 Å². The zero-order chi connectivity index (χ0) is 15.8. The van der Waals surface area contributed by atoms with E-state index in [4.69, 9.17) is 5.11 Å². The minimum atomic E-state index is -0.686. The van der Waals surface area contributed by atoms with Crippen LogP contribution in [0.2, 0.25) is 0 Å². The number of carbonyl (C=O) groups excluding carboxylic acids is 1. The van der Waals surface area contributed by atoms with Crippen molar-refractivity contribution in [2.45, 2.75) is 103 Å². The summed E-state index contributed by atoms with van der Waals surface area (Å²) in [6, 6.07) is 0. The van der Waals surface area contributed by atoms with E-state index >= 15 is 0 Å². The molecule has 0 fully saturated rings. The predicted octanol–water partition coefficient (Wildman–Crippen LogP) is 2.63. The van der Waals surface area contributed by atoms with E-state index in [1.54, 1.807) is 0 Å². The van der Waals surface area contributed by atoms with E-state index in [0.717, 1.165) is 51.4 Å². The fraction of sp³-hybridized carbons (Fsp3) is 0.889. The van der Waals surface area contributed by atoms with Crippen LogP contribution in [0.1, 0.15) is 105 Å². The first-order valence-electron chi connectivity index (χ1n) is 8.90. The van der Waals surface area contributed by atoms with Gasteiger partial charge in [0.25, 0.3) is 0 Å². The van der Waals surface area contributed by atoms with E-state index in [0.29, 0.717) is 12.2 Å². The Morgan fingerprint density at radius 2 is 1.05 bits per heavy atom. The number of carboxylic acids is 1. The first-order chi connectivity index (χ1) is 10.2. The van der Waals surface area contributed by atoms with E-state index in [1.807, 2.05) is 0 Å². The number of rotatable bonds is 16. The van der Waals surface area contributed by atoms with Crippen LogP contribution >= 0.6 is 0 Å². The molecule has 0 aromatic rings. The Kier molecular flexibility index (Phi) is 20.5. The summed E-state index contributed by atoms with van der Waals surface area (Å²) in [6.07, 6.45) is 15.4. The van der Waals surface area contributed by atoms with Crippen molar-refractivity contribution >= 4 is 11.8 Å². The van der Waals surface area contributed by atoms with Crippen LogP contribution in [0, 0.1) is 0 Å². The molecule has 126 valence electrons. The van der Waals surface area contributed by atoms with E-state index in [9.17, 15) is 9.59 Å². The van der Waals surface area contributed by atoms with Gasteiger partial charge in [-0.15, -0.1) is 0 Å². The number of Topliss-reactive ketones (excluding diaryl/α,β-unsaturated/α-hetero) is 1. The van der Waals surface area contributed by atoms with Crippen LogP contribution in [0.3, 0.4) is 0 Å². The van der Waals surface area contributed by atoms with Crippen molar-refractivity contribution < 1.29 is 35.0 Å². The maximum atomic E-state index is 11.6. The second kappa shape index (κ2) is 18.8. The summed E-state index contributed by atoms with van der Waals surface area (Å²) in [7, 11) is 0. The van der Waals surface area contributed by atoms with Gasteiger partial charge in [-0.05, 0) is 19.3 Å². The van der Waals surface area contributed by atoms with Crippen molar-refractivity contribution in [2.75, 3.05) is 0 Å². The first kappa shape index (κ1) is 24.0. The minimum absolute atomic E-state index is 0. The molecule has 0 unspecified atom stereocenters. The summed E-state index contributed by atoms with van der Waals surface area (Å²) >= 11 is 0. The Balaban J connectivity index is -0.00000200. The molecule has 3 nitrogen and oxygen atoms in total. The number of hydrogen-bond acceptors (Lipinski definition) is 2. The van der Waals surface area contributed by atoms with Gasteiger partial charge in [-0.1, -0.05) is 64.7 Å². The van der Waals surface area contributed by atoms with Gasteiger partial charge >= 0.3 is 24.8 Å². The maximum absolute atomic E-state index is 11.6. The SMILES string of the molecule is CCCCCCC(=O)CCCCCCCCCCC(=O)O.[H-].[Li+]. The molecule has 0 amide bonds.